The molecule has 0 fully saturated rings. The highest BCUT2D eigenvalue weighted by Crippen LogP contribution is 2.40. The van der Waals surface area contributed by atoms with E-state index in [0.29, 0.717) is 0 Å². The summed E-state index contributed by atoms with van der Waals surface area (Å²) in [5.74, 6) is -0.793. The zero-order chi connectivity index (χ0) is 21.7. The van der Waals surface area contributed by atoms with Crippen LogP contribution in [0.1, 0.15) is 22.5 Å². The molecule has 0 aliphatic heterocycles. The lowest BCUT2D eigenvalue weighted by Gasteiger charge is -2.33. The Kier molecular flexibility index (Phi) is 5.72. The predicted octanol–water partition coefficient (Wildman–Crippen LogP) is 3.32. The number of anilines is 1. The molecule has 0 atom stereocenters. The number of primary amides is 1. The lowest BCUT2D eigenvalue weighted by atomic mass is 9.80. The fourth-order valence-corrected chi connectivity index (χ4v) is 3.75. The maximum atomic E-state index is 12.1. The molecule has 1 amide bonds. The number of hydrogen-bond acceptors (Lipinski definition) is 7. The van der Waals surface area contributed by atoms with E-state index in [2.05, 4.69) is 14.5 Å². The van der Waals surface area contributed by atoms with E-state index in [4.69, 9.17) is 16.3 Å². The second-order valence-electron chi connectivity index (χ2n) is 6.63. The molecular formula is C23H19N5O2S. The molecule has 4 aromatic rings. The van der Waals surface area contributed by atoms with Crippen LogP contribution in [-0.4, -0.2) is 21.0 Å². The Morgan fingerprint density at radius 3 is 1.65 bits per heavy atom. The van der Waals surface area contributed by atoms with E-state index in [9.17, 15) is 4.79 Å². The summed E-state index contributed by atoms with van der Waals surface area (Å²) < 4.78 is 4.05. The van der Waals surface area contributed by atoms with Gasteiger partial charge in [-0.2, -0.15) is 9.36 Å². The van der Waals surface area contributed by atoms with Gasteiger partial charge in [-0.15, -0.1) is 0 Å². The minimum Gasteiger partial charge on any atom is -0.374 e. The molecule has 0 spiro atoms. The molecule has 0 aliphatic rings. The molecule has 0 aliphatic carbocycles. The van der Waals surface area contributed by atoms with Crippen LogP contribution in [-0.2, 0) is 15.2 Å². The first kappa shape index (κ1) is 20.2. The number of rotatable bonds is 7. The predicted molar refractivity (Wildman–Crippen MR) is 120 cm³/mol. The standard InChI is InChI=1S/C23H19N5O2S/c24-20(29)19(21-26-22(25)31-28-21)27-30-23(16-10-4-1-5-11-16,17-12-6-2-7-13-17)18-14-8-3-9-15-18/h1-15H,(H2,24,29)(H2,25,26,28)/b27-19+. The van der Waals surface area contributed by atoms with E-state index in [1.165, 1.54) is 0 Å². The van der Waals surface area contributed by atoms with E-state index in [1.54, 1.807) is 0 Å². The molecule has 4 N–H and O–H groups in total. The fraction of sp³-hybridized carbons (Fsp3) is 0.0435. The minimum atomic E-state index is -1.15. The Morgan fingerprint density at radius 1 is 0.839 bits per heavy atom. The first-order chi connectivity index (χ1) is 15.1. The average Bonchev–Trinajstić information content (AvgIpc) is 3.24. The first-order valence-corrected chi connectivity index (χ1v) is 10.2. The number of hydrogen-bond donors (Lipinski definition) is 2. The number of carbonyl (C=O) groups is 1. The maximum absolute atomic E-state index is 12.1. The third kappa shape index (κ3) is 4.01. The smallest absolute Gasteiger partial charge is 0.274 e. The van der Waals surface area contributed by atoms with Gasteiger partial charge in [0.05, 0.1) is 0 Å². The third-order valence-corrected chi connectivity index (χ3v) is 5.24. The maximum Gasteiger partial charge on any atom is 0.274 e. The molecule has 8 heteroatoms. The van der Waals surface area contributed by atoms with Crippen LogP contribution in [0, 0.1) is 0 Å². The third-order valence-electron chi connectivity index (χ3n) is 4.70. The molecule has 1 aromatic heterocycles. The first-order valence-electron chi connectivity index (χ1n) is 9.43. The van der Waals surface area contributed by atoms with Crippen molar-refractivity contribution in [1.82, 2.24) is 9.36 Å². The molecule has 0 radical (unpaired) electrons. The molecule has 4 rings (SSSR count). The number of carbonyl (C=O) groups excluding carboxylic acids is 1. The van der Waals surface area contributed by atoms with Crippen LogP contribution in [0.4, 0.5) is 5.13 Å². The number of amides is 1. The van der Waals surface area contributed by atoms with Gasteiger partial charge in [-0.1, -0.05) is 96.2 Å². The van der Waals surface area contributed by atoms with Gasteiger partial charge in [0.2, 0.25) is 17.1 Å². The van der Waals surface area contributed by atoms with Gasteiger partial charge >= 0.3 is 0 Å². The highest BCUT2D eigenvalue weighted by molar-refractivity contribution is 7.09. The van der Waals surface area contributed by atoms with Gasteiger partial charge in [0.1, 0.15) is 0 Å². The Hall–Kier alpha value is -4.04. The van der Waals surface area contributed by atoms with Crippen molar-refractivity contribution in [3.63, 3.8) is 0 Å². The number of nitrogens with zero attached hydrogens (tertiary/aromatic N) is 3. The second kappa shape index (κ2) is 8.76. The van der Waals surface area contributed by atoms with E-state index in [0.717, 1.165) is 28.2 Å². The SMILES string of the molecule is NC(=O)/C(=N\OC(c1ccccc1)(c1ccccc1)c1ccccc1)c1nsc(N)n1. The monoisotopic (exact) mass is 429 g/mol. The van der Waals surface area contributed by atoms with Gasteiger partial charge in [-0.3, -0.25) is 4.79 Å². The zero-order valence-electron chi connectivity index (χ0n) is 16.4. The summed E-state index contributed by atoms with van der Waals surface area (Å²) in [4.78, 5) is 22.4. The minimum absolute atomic E-state index is 0.0260. The van der Waals surface area contributed by atoms with Crippen LogP contribution in [0.2, 0.25) is 0 Å². The van der Waals surface area contributed by atoms with Crippen LogP contribution in [0.25, 0.3) is 0 Å². The van der Waals surface area contributed by atoms with Crippen LogP contribution >= 0.6 is 11.5 Å². The molecule has 0 unspecified atom stereocenters. The Labute approximate surface area is 183 Å². The van der Waals surface area contributed by atoms with Crippen molar-refractivity contribution in [2.24, 2.45) is 10.9 Å². The molecule has 0 saturated carbocycles. The zero-order valence-corrected chi connectivity index (χ0v) is 17.2. The van der Waals surface area contributed by atoms with Gasteiger partial charge in [0, 0.05) is 28.2 Å². The number of nitrogen functional groups attached to an aromatic ring is 1. The largest absolute Gasteiger partial charge is 0.374 e. The van der Waals surface area contributed by atoms with Crippen LogP contribution < -0.4 is 11.5 Å². The molecule has 0 bridgehead atoms. The van der Waals surface area contributed by atoms with Crippen molar-refractivity contribution in [3.8, 4) is 0 Å². The lowest BCUT2D eigenvalue weighted by Crippen LogP contribution is -2.33. The van der Waals surface area contributed by atoms with E-state index in [-0.39, 0.29) is 16.7 Å². The average molecular weight is 430 g/mol. The molecule has 3 aromatic carbocycles. The van der Waals surface area contributed by atoms with E-state index in [1.807, 2.05) is 91.0 Å². The number of benzene rings is 3. The second-order valence-corrected chi connectivity index (χ2v) is 7.41. The Morgan fingerprint density at radius 2 is 1.29 bits per heavy atom. The molecule has 154 valence electrons. The van der Waals surface area contributed by atoms with Crippen LogP contribution in [0.15, 0.2) is 96.2 Å². The Balaban J connectivity index is 1.95. The van der Waals surface area contributed by atoms with Gasteiger partial charge in [0.15, 0.2) is 5.13 Å². The van der Waals surface area contributed by atoms with E-state index < -0.39 is 11.5 Å². The summed E-state index contributed by atoms with van der Waals surface area (Å²) in [5, 5.41) is 4.38. The summed E-state index contributed by atoms with van der Waals surface area (Å²) in [7, 11) is 0. The molecule has 0 saturated heterocycles. The molecule has 31 heavy (non-hydrogen) atoms. The highest BCUT2D eigenvalue weighted by Gasteiger charge is 2.40. The van der Waals surface area contributed by atoms with Crippen LogP contribution in [0.5, 0.6) is 0 Å². The van der Waals surface area contributed by atoms with Gasteiger partial charge < -0.3 is 16.3 Å². The van der Waals surface area contributed by atoms with E-state index >= 15 is 0 Å². The van der Waals surface area contributed by atoms with Crippen molar-refractivity contribution in [3.05, 3.63) is 114 Å². The quantitative estimate of drug-likeness (QED) is 0.266. The van der Waals surface area contributed by atoms with Crippen molar-refractivity contribution >= 4 is 28.3 Å². The van der Waals surface area contributed by atoms with Crippen molar-refractivity contribution in [1.29, 1.82) is 0 Å². The summed E-state index contributed by atoms with van der Waals surface area (Å²) >= 11 is 0.945. The molecular weight excluding hydrogens is 410 g/mol. The summed E-state index contributed by atoms with van der Waals surface area (Å²) in [6.45, 7) is 0. The number of oxime groups is 1. The summed E-state index contributed by atoms with van der Waals surface area (Å²) in [6, 6.07) is 28.9. The van der Waals surface area contributed by atoms with Gasteiger partial charge in [-0.05, 0) is 0 Å². The number of aromatic nitrogens is 2. The topological polar surface area (TPSA) is 116 Å². The highest BCUT2D eigenvalue weighted by atomic mass is 32.1. The summed E-state index contributed by atoms with van der Waals surface area (Å²) in [6.07, 6.45) is 0. The van der Waals surface area contributed by atoms with Gasteiger partial charge in [-0.25, -0.2) is 0 Å². The fourth-order valence-electron chi connectivity index (χ4n) is 3.32. The van der Waals surface area contributed by atoms with Crippen LogP contribution in [0.3, 0.4) is 0 Å². The number of nitrogens with two attached hydrogens (primary N) is 2. The molecule has 1 heterocycles. The lowest BCUT2D eigenvalue weighted by molar-refractivity contribution is -0.112. The van der Waals surface area contributed by atoms with Gasteiger partial charge in [0.25, 0.3) is 5.91 Å². The Bertz CT molecular complexity index is 1100. The summed E-state index contributed by atoms with van der Waals surface area (Å²) in [5.41, 5.74) is 12.3. The molecule has 7 nitrogen and oxygen atoms in total. The van der Waals surface area contributed by atoms with Crippen molar-refractivity contribution < 1.29 is 9.63 Å². The normalized spacial score (nSPS) is 11.8. The van der Waals surface area contributed by atoms with Crippen molar-refractivity contribution in [2.75, 3.05) is 5.73 Å². The van der Waals surface area contributed by atoms with Crippen molar-refractivity contribution in [2.45, 2.75) is 5.60 Å².